The van der Waals surface area contributed by atoms with Crippen LogP contribution in [-0.2, 0) is 4.79 Å². The zero-order valence-corrected chi connectivity index (χ0v) is 10.2. The molecule has 0 amide bonds. The summed E-state index contributed by atoms with van der Waals surface area (Å²) >= 11 is 1.73. The number of hydrogen-bond donors (Lipinski definition) is 0. The van der Waals surface area contributed by atoms with Gasteiger partial charge in [-0.3, -0.25) is 4.79 Å². The quantitative estimate of drug-likeness (QED) is 0.741. The van der Waals surface area contributed by atoms with Crippen molar-refractivity contribution in [1.29, 1.82) is 0 Å². The maximum atomic E-state index is 13.0. The van der Waals surface area contributed by atoms with Crippen LogP contribution in [0.2, 0.25) is 0 Å². The molecule has 1 saturated heterocycles. The Morgan fingerprint density at radius 2 is 1.81 bits per heavy atom. The Kier molecular flexibility index (Phi) is 3.88. The fourth-order valence-corrected chi connectivity index (χ4v) is 3.90. The maximum Gasteiger partial charge on any atom is 0.248 e. The van der Waals surface area contributed by atoms with Crippen molar-refractivity contribution >= 4 is 17.5 Å². The summed E-state index contributed by atoms with van der Waals surface area (Å²) in [5.41, 5.74) is 0. The minimum atomic E-state index is -2.52. The Hall–Kier alpha value is -0.120. The van der Waals surface area contributed by atoms with Crippen LogP contribution >= 0.6 is 11.8 Å². The van der Waals surface area contributed by atoms with Gasteiger partial charge < -0.3 is 0 Å². The number of alkyl halides is 2. The molecule has 1 aliphatic carbocycles. The minimum absolute atomic E-state index is 0.0878. The van der Waals surface area contributed by atoms with E-state index >= 15 is 0 Å². The van der Waals surface area contributed by atoms with Gasteiger partial charge >= 0.3 is 0 Å². The molecule has 0 aromatic rings. The van der Waals surface area contributed by atoms with Crippen LogP contribution in [0.25, 0.3) is 0 Å². The molecule has 0 bridgehead atoms. The van der Waals surface area contributed by atoms with Gasteiger partial charge in [0.1, 0.15) is 5.78 Å². The number of carbonyl (C=O) groups excluding carboxylic acids is 1. The maximum absolute atomic E-state index is 13.0. The van der Waals surface area contributed by atoms with Crippen LogP contribution in [0.5, 0.6) is 0 Å². The van der Waals surface area contributed by atoms with E-state index in [0.717, 1.165) is 18.6 Å². The number of halogens is 2. The van der Waals surface area contributed by atoms with E-state index in [4.69, 9.17) is 0 Å². The Morgan fingerprint density at radius 3 is 2.38 bits per heavy atom. The summed E-state index contributed by atoms with van der Waals surface area (Å²) in [4.78, 5) is 12.1. The lowest BCUT2D eigenvalue weighted by molar-refractivity contribution is -0.126. The van der Waals surface area contributed by atoms with Gasteiger partial charge in [-0.05, 0) is 31.4 Å². The molecule has 92 valence electrons. The van der Waals surface area contributed by atoms with Crippen molar-refractivity contribution < 1.29 is 13.6 Å². The first kappa shape index (κ1) is 12.3. The molecule has 1 aliphatic heterocycles. The summed E-state index contributed by atoms with van der Waals surface area (Å²) < 4.78 is 25.9. The number of rotatable bonds is 2. The Bertz CT molecular complexity index is 252. The van der Waals surface area contributed by atoms with Crippen molar-refractivity contribution in [3.05, 3.63) is 0 Å². The fraction of sp³-hybridized carbons (Fsp3) is 0.917. The summed E-state index contributed by atoms with van der Waals surface area (Å²) in [7, 11) is 0. The third-order valence-electron chi connectivity index (χ3n) is 3.62. The molecular formula is C12H18F2OS. The van der Waals surface area contributed by atoms with Crippen molar-refractivity contribution in [2.45, 2.75) is 56.1 Å². The summed E-state index contributed by atoms with van der Waals surface area (Å²) in [5, 5.41) is 0.102. The molecule has 1 saturated carbocycles. The highest BCUT2D eigenvalue weighted by molar-refractivity contribution is 8.00. The van der Waals surface area contributed by atoms with Gasteiger partial charge in [0.25, 0.3) is 0 Å². The highest BCUT2D eigenvalue weighted by Gasteiger charge is 2.39. The van der Waals surface area contributed by atoms with Gasteiger partial charge in [-0.2, -0.15) is 11.8 Å². The molecule has 0 aromatic heterocycles. The van der Waals surface area contributed by atoms with Crippen LogP contribution in [0.3, 0.4) is 0 Å². The molecule has 0 radical (unpaired) electrons. The molecule has 4 heteroatoms. The minimum Gasteiger partial charge on any atom is -0.298 e. The van der Waals surface area contributed by atoms with E-state index in [9.17, 15) is 13.6 Å². The first-order chi connectivity index (χ1) is 7.58. The molecule has 16 heavy (non-hydrogen) atoms. The third-order valence-corrected chi connectivity index (χ3v) is 5.01. The van der Waals surface area contributed by atoms with Crippen LogP contribution in [-0.4, -0.2) is 22.7 Å². The Labute approximate surface area is 99.4 Å². The molecule has 1 unspecified atom stereocenters. The fourth-order valence-electron chi connectivity index (χ4n) is 2.55. The average molecular weight is 248 g/mol. The third kappa shape index (κ3) is 2.96. The van der Waals surface area contributed by atoms with E-state index in [1.165, 1.54) is 6.42 Å². The molecule has 1 heterocycles. The number of ketones is 1. The van der Waals surface area contributed by atoms with Crippen LogP contribution < -0.4 is 0 Å². The molecule has 2 fully saturated rings. The van der Waals surface area contributed by atoms with Gasteiger partial charge in [-0.1, -0.05) is 6.42 Å². The largest absolute Gasteiger partial charge is 0.298 e. The smallest absolute Gasteiger partial charge is 0.248 e. The van der Waals surface area contributed by atoms with Crippen molar-refractivity contribution in [2.75, 3.05) is 5.75 Å². The molecule has 1 nitrogen and oxygen atoms in total. The van der Waals surface area contributed by atoms with E-state index in [0.29, 0.717) is 12.8 Å². The van der Waals surface area contributed by atoms with Gasteiger partial charge in [-0.15, -0.1) is 0 Å². The number of Topliss-reactive ketones (excluding diaryl/α,β-unsaturated/α-hetero) is 1. The van der Waals surface area contributed by atoms with Crippen molar-refractivity contribution in [2.24, 2.45) is 5.92 Å². The molecule has 0 spiro atoms. The topological polar surface area (TPSA) is 17.1 Å². The second-order valence-electron chi connectivity index (χ2n) is 4.89. The second-order valence-corrected chi connectivity index (χ2v) is 6.20. The van der Waals surface area contributed by atoms with Crippen molar-refractivity contribution in [1.82, 2.24) is 0 Å². The molecule has 0 aromatic carbocycles. The highest BCUT2D eigenvalue weighted by Crippen LogP contribution is 2.39. The van der Waals surface area contributed by atoms with E-state index in [1.54, 1.807) is 11.8 Å². The van der Waals surface area contributed by atoms with Gasteiger partial charge in [0.15, 0.2) is 0 Å². The Morgan fingerprint density at radius 1 is 1.12 bits per heavy atom. The highest BCUT2D eigenvalue weighted by atomic mass is 32.2. The summed E-state index contributed by atoms with van der Waals surface area (Å²) in [6.07, 6.45) is 3.85. The number of thioether (sulfide) groups is 1. The molecule has 2 rings (SSSR count). The van der Waals surface area contributed by atoms with Gasteiger partial charge in [0.2, 0.25) is 5.92 Å². The first-order valence-corrected chi connectivity index (χ1v) is 7.16. The van der Waals surface area contributed by atoms with Crippen molar-refractivity contribution in [3.63, 3.8) is 0 Å². The van der Waals surface area contributed by atoms with E-state index in [1.807, 2.05) is 0 Å². The normalized spacial score (nSPS) is 31.2. The van der Waals surface area contributed by atoms with Crippen LogP contribution in [0.4, 0.5) is 8.78 Å². The summed E-state index contributed by atoms with van der Waals surface area (Å²) in [6.45, 7) is 0. The van der Waals surface area contributed by atoms with E-state index in [2.05, 4.69) is 0 Å². The van der Waals surface area contributed by atoms with Gasteiger partial charge in [-0.25, -0.2) is 8.78 Å². The monoisotopic (exact) mass is 248 g/mol. The predicted molar refractivity (Wildman–Crippen MR) is 62.0 cm³/mol. The summed E-state index contributed by atoms with van der Waals surface area (Å²) in [6, 6.07) is 0. The lowest BCUT2D eigenvalue weighted by Crippen LogP contribution is -2.34. The predicted octanol–water partition coefficient (Wildman–Crippen LogP) is 3.67. The number of hydrogen-bond acceptors (Lipinski definition) is 2. The molecular weight excluding hydrogens is 230 g/mol. The first-order valence-electron chi connectivity index (χ1n) is 6.12. The SMILES string of the molecule is O=C(C1CCC(F)(F)CC1)C1CCCCS1. The van der Waals surface area contributed by atoms with E-state index < -0.39 is 5.92 Å². The summed E-state index contributed by atoms with van der Waals surface area (Å²) in [5.74, 6) is -1.30. The molecule has 1 atom stereocenters. The second kappa shape index (κ2) is 5.03. The van der Waals surface area contributed by atoms with Crippen LogP contribution in [0, 0.1) is 5.92 Å². The zero-order chi connectivity index (χ0) is 11.6. The van der Waals surface area contributed by atoms with Gasteiger partial charge in [0.05, 0.1) is 5.25 Å². The molecule has 0 N–H and O–H groups in total. The number of carbonyl (C=O) groups is 1. The van der Waals surface area contributed by atoms with Crippen molar-refractivity contribution in [3.8, 4) is 0 Å². The standard InChI is InChI=1S/C12H18F2OS/c13-12(14)6-4-9(5-7-12)11(15)10-3-1-2-8-16-10/h9-10H,1-8H2. The molecule has 2 aliphatic rings. The average Bonchev–Trinajstić information content (AvgIpc) is 2.29. The zero-order valence-electron chi connectivity index (χ0n) is 9.38. The lowest BCUT2D eigenvalue weighted by Gasteiger charge is -2.30. The van der Waals surface area contributed by atoms with Crippen LogP contribution in [0.15, 0.2) is 0 Å². The lowest BCUT2D eigenvalue weighted by atomic mass is 9.82. The Balaban J connectivity index is 1.86. The van der Waals surface area contributed by atoms with Gasteiger partial charge in [0, 0.05) is 18.8 Å². The van der Waals surface area contributed by atoms with Crippen LogP contribution in [0.1, 0.15) is 44.9 Å². The van der Waals surface area contributed by atoms with E-state index in [-0.39, 0.29) is 29.8 Å².